The molecule has 0 aliphatic heterocycles. The number of nitrogens with one attached hydrogen (secondary N) is 2. The molecular formula is C19H30N6O. The number of aromatic nitrogens is 3. The van der Waals surface area contributed by atoms with Crippen LogP contribution in [0.2, 0.25) is 0 Å². The predicted molar refractivity (Wildman–Crippen MR) is 104 cm³/mol. The summed E-state index contributed by atoms with van der Waals surface area (Å²) in [5, 5.41) is 14.7. The van der Waals surface area contributed by atoms with E-state index in [-0.39, 0.29) is 0 Å². The lowest BCUT2D eigenvalue weighted by atomic mass is 10.1. The first-order valence-electron chi connectivity index (χ1n) is 9.25. The molecular weight excluding hydrogens is 328 g/mol. The van der Waals surface area contributed by atoms with Gasteiger partial charge in [0.1, 0.15) is 12.2 Å². The monoisotopic (exact) mass is 358 g/mol. The highest BCUT2D eigenvalue weighted by atomic mass is 16.5. The fourth-order valence-electron chi connectivity index (χ4n) is 2.60. The second-order valence-corrected chi connectivity index (χ2v) is 5.96. The van der Waals surface area contributed by atoms with Gasteiger partial charge in [0.2, 0.25) is 0 Å². The van der Waals surface area contributed by atoms with Crippen LogP contribution in [0.15, 0.2) is 41.7 Å². The van der Waals surface area contributed by atoms with E-state index in [2.05, 4.69) is 61.6 Å². The van der Waals surface area contributed by atoms with Crippen molar-refractivity contribution in [1.82, 2.24) is 25.4 Å². The van der Waals surface area contributed by atoms with Crippen LogP contribution in [0.5, 0.6) is 0 Å². The van der Waals surface area contributed by atoms with E-state index in [1.807, 2.05) is 6.07 Å². The molecule has 2 aromatic rings. The van der Waals surface area contributed by atoms with Crippen molar-refractivity contribution < 1.29 is 4.74 Å². The van der Waals surface area contributed by atoms with E-state index in [0.29, 0.717) is 6.61 Å². The number of rotatable bonds is 11. The van der Waals surface area contributed by atoms with E-state index in [1.54, 1.807) is 13.4 Å². The molecule has 0 spiro atoms. The Morgan fingerprint density at radius 3 is 2.77 bits per heavy atom. The van der Waals surface area contributed by atoms with Crippen LogP contribution in [-0.4, -0.2) is 54.1 Å². The average Bonchev–Trinajstić information content (AvgIpc) is 3.13. The Hall–Kier alpha value is -2.41. The summed E-state index contributed by atoms with van der Waals surface area (Å²) in [6.45, 7) is 5.82. The van der Waals surface area contributed by atoms with Gasteiger partial charge in [0.15, 0.2) is 5.96 Å². The lowest BCUT2D eigenvalue weighted by Crippen LogP contribution is -2.40. The van der Waals surface area contributed by atoms with Crippen molar-refractivity contribution in [3.63, 3.8) is 0 Å². The fraction of sp³-hybridized carbons (Fsp3) is 0.526. The van der Waals surface area contributed by atoms with E-state index >= 15 is 0 Å². The Balaban J connectivity index is 1.77. The molecule has 0 unspecified atom stereocenters. The van der Waals surface area contributed by atoms with Crippen molar-refractivity contribution in [3.8, 4) is 0 Å². The molecule has 0 radical (unpaired) electrons. The summed E-state index contributed by atoms with van der Waals surface area (Å²) >= 11 is 0. The fourth-order valence-corrected chi connectivity index (χ4v) is 2.60. The highest BCUT2D eigenvalue weighted by Crippen LogP contribution is 2.02. The first-order valence-corrected chi connectivity index (χ1v) is 9.25. The molecule has 0 saturated carbocycles. The molecule has 142 valence electrons. The lowest BCUT2D eigenvalue weighted by Gasteiger charge is -2.13. The maximum absolute atomic E-state index is 5.10. The van der Waals surface area contributed by atoms with Crippen LogP contribution in [0.4, 0.5) is 0 Å². The van der Waals surface area contributed by atoms with E-state index in [0.717, 1.165) is 57.2 Å². The minimum Gasteiger partial charge on any atom is -0.383 e. The molecule has 7 nitrogen and oxygen atoms in total. The second kappa shape index (κ2) is 12.0. The molecule has 1 aromatic heterocycles. The molecule has 0 saturated heterocycles. The van der Waals surface area contributed by atoms with Crippen LogP contribution in [-0.2, 0) is 24.1 Å². The van der Waals surface area contributed by atoms with Gasteiger partial charge in [-0.3, -0.25) is 4.99 Å². The van der Waals surface area contributed by atoms with Crippen molar-refractivity contribution in [2.45, 2.75) is 32.7 Å². The van der Waals surface area contributed by atoms with Crippen molar-refractivity contribution >= 4 is 5.96 Å². The number of aryl methyl sites for hydroxylation is 2. The smallest absolute Gasteiger partial charge is 0.191 e. The Labute approximate surface area is 155 Å². The van der Waals surface area contributed by atoms with E-state index in [1.165, 1.54) is 5.56 Å². The predicted octanol–water partition coefficient (Wildman–Crippen LogP) is 1.65. The number of methoxy groups -OCH3 is 1. The molecule has 0 bridgehead atoms. The number of benzene rings is 1. The Bertz CT molecular complexity index is 640. The zero-order valence-corrected chi connectivity index (χ0v) is 15.8. The van der Waals surface area contributed by atoms with E-state index in [4.69, 9.17) is 4.74 Å². The van der Waals surface area contributed by atoms with Gasteiger partial charge in [-0.15, -0.1) is 10.2 Å². The molecule has 0 amide bonds. The standard InChI is InChI=1S/C19H30N6O/c1-3-18-24-23-16-25(18)14-12-21-19(22-13-15-26-2)20-11-7-10-17-8-5-4-6-9-17/h4-6,8-9,16H,3,7,10-15H2,1-2H3,(H2,20,21,22). The second-order valence-electron chi connectivity index (χ2n) is 5.96. The zero-order valence-electron chi connectivity index (χ0n) is 15.8. The third kappa shape index (κ3) is 7.23. The number of nitrogens with zero attached hydrogens (tertiary/aromatic N) is 4. The van der Waals surface area contributed by atoms with Crippen LogP contribution >= 0.6 is 0 Å². The van der Waals surface area contributed by atoms with Crippen molar-refractivity contribution in [3.05, 3.63) is 48.0 Å². The van der Waals surface area contributed by atoms with Gasteiger partial charge >= 0.3 is 0 Å². The maximum Gasteiger partial charge on any atom is 0.191 e. The third-order valence-electron chi connectivity index (χ3n) is 3.99. The molecule has 1 heterocycles. The van der Waals surface area contributed by atoms with Crippen molar-refractivity contribution in [2.75, 3.05) is 33.4 Å². The van der Waals surface area contributed by atoms with Crippen molar-refractivity contribution in [1.29, 1.82) is 0 Å². The highest BCUT2D eigenvalue weighted by Gasteiger charge is 2.02. The summed E-state index contributed by atoms with van der Waals surface area (Å²) in [6, 6.07) is 10.5. The molecule has 2 N–H and O–H groups in total. The van der Waals surface area contributed by atoms with Gasteiger partial charge in [0.25, 0.3) is 0 Å². The average molecular weight is 358 g/mol. The quantitative estimate of drug-likeness (QED) is 0.363. The lowest BCUT2D eigenvalue weighted by molar-refractivity contribution is 0.203. The topological polar surface area (TPSA) is 76.4 Å². The first kappa shape index (κ1) is 19.9. The maximum atomic E-state index is 5.10. The summed E-state index contributed by atoms with van der Waals surface area (Å²) in [5.74, 6) is 1.82. The highest BCUT2D eigenvalue weighted by molar-refractivity contribution is 5.79. The Morgan fingerprint density at radius 2 is 2.00 bits per heavy atom. The van der Waals surface area contributed by atoms with E-state index in [9.17, 15) is 0 Å². The molecule has 0 aliphatic rings. The van der Waals surface area contributed by atoms with Gasteiger partial charge in [-0.2, -0.15) is 0 Å². The summed E-state index contributed by atoms with van der Waals surface area (Å²) in [5.41, 5.74) is 1.35. The van der Waals surface area contributed by atoms with Crippen LogP contribution in [0.25, 0.3) is 0 Å². The Kier molecular flexibility index (Phi) is 9.21. The van der Waals surface area contributed by atoms with Gasteiger partial charge in [-0.25, -0.2) is 0 Å². The van der Waals surface area contributed by atoms with Gasteiger partial charge < -0.3 is 19.9 Å². The summed E-state index contributed by atoms with van der Waals surface area (Å²) < 4.78 is 7.17. The number of hydrogen-bond acceptors (Lipinski definition) is 4. The van der Waals surface area contributed by atoms with Gasteiger partial charge in [-0.05, 0) is 18.4 Å². The number of guanidine groups is 1. The number of ether oxygens (including phenoxy) is 1. The molecule has 2 rings (SSSR count). The van der Waals surface area contributed by atoms with E-state index < -0.39 is 0 Å². The number of aliphatic imine (C=N–C) groups is 1. The SMILES string of the molecule is CCc1nncn1CCNC(=NCCCc1ccccc1)NCCOC. The largest absolute Gasteiger partial charge is 0.383 e. The summed E-state index contributed by atoms with van der Waals surface area (Å²) in [6.07, 6.45) is 4.71. The van der Waals surface area contributed by atoms with Crippen LogP contribution in [0.3, 0.4) is 0 Å². The summed E-state index contributed by atoms with van der Waals surface area (Å²) in [4.78, 5) is 4.67. The van der Waals surface area contributed by atoms with Gasteiger partial charge in [0.05, 0.1) is 6.61 Å². The van der Waals surface area contributed by atoms with Gasteiger partial charge in [-0.1, -0.05) is 37.3 Å². The minimum atomic E-state index is 0.649. The minimum absolute atomic E-state index is 0.649. The van der Waals surface area contributed by atoms with Crippen LogP contribution < -0.4 is 10.6 Å². The zero-order chi connectivity index (χ0) is 18.5. The molecule has 0 fully saturated rings. The first-order chi connectivity index (χ1) is 12.8. The molecule has 7 heteroatoms. The molecule has 26 heavy (non-hydrogen) atoms. The van der Waals surface area contributed by atoms with Crippen molar-refractivity contribution in [2.24, 2.45) is 4.99 Å². The third-order valence-corrected chi connectivity index (χ3v) is 3.99. The molecule has 0 aliphatic carbocycles. The summed E-state index contributed by atoms with van der Waals surface area (Å²) in [7, 11) is 1.70. The normalized spacial score (nSPS) is 11.5. The molecule has 0 atom stereocenters. The van der Waals surface area contributed by atoms with Crippen LogP contribution in [0.1, 0.15) is 24.7 Å². The Morgan fingerprint density at radius 1 is 1.19 bits per heavy atom. The molecule has 1 aromatic carbocycles. The van der Waals surface area contributed by atoms with Crippen LogP contribution in [0, 0.1) is 0 Å². The number of hydrogen-bond donors (Lipinski definition) is 2. The van der Waals surface area contributed by atoms with Gasteiger partial charge in [0, 0.05) is 39.7 Å².